The molecule has 0 aliphatic heterocycles. The third-order valence-electron chi connectivity index (χ3n) is 2.85. The summed E-state index contributed by atoms with van der Waals surface area (Å²) in [4.78, 5) is 34.7. The zero-order valence-electron chi connectivity index (χ0n) is 11.1. The molecule has 0 aliphatic rings. The molecule has 0 atom stereocenters. The van der Waals surface area contributed by atoms with Gasteiger partial charge in [0.2, 0.25) is 5.91 Å². The van der Waals surface area contributed by atoms with Crippen molar-refractivity contribution in [1.29, 1.82) is 5.41 Å². The number of aromatic nitrogens is 4. The number of carbonyl (C=O) groups excluding carboxylic acids is 1. The Morgan fingerprint density at radius 1 is 1.48 bits per heavy atom. The Morgan fingerprint density at radius 2 is 2.24 bits per heavy atom. The first-order valence-electron chi connectivity index (χ1n) is 6.15. The number of carboxylic acids is 1. The largest absolute Gasteiger partial charge is 0.480 e. The van der Waals surface area contributed by atoms with E-state index in [9.17, 15) is 9.59 Å². The minimum atomic E-state index is -1.12. The molecule has 10 nitrogen and oxygen atoms in total. The van der Waals surface area contributed by atoms with Crippen LogP contribution < -0.4 is 11.2 Å². The number of imidazole rings is 1. The number of aromatic amines is 1. The summed E-state index contributed by atoms with van der Waals surface area (Å²) in [6, 6.07) is 0. The SMILES string of the molecule is N=c1c2[nH]cnc2ncn1CC(=O)N(CCN)CC(=O)O. The lowest BCUT2D eigenvalue weighted by atomic mass is 10.4. The summed E-state index contributed by atoms with van der Waals surface area (Å²) in [5, 5.41) is 16.8. The Hall–Kier alpha value is -2.75. The highest BCUT2D eigenvalue weighted by Crippen LogP contribution is 1.99. The second-order valence-electron chi connectivity index (χ2n) is 4.32. The van der Waals surface area contributed by atoms with Crippen molar-refractivity contribution in [3.63, 3.8) is 0 Å². The minimum Gasteiger partial charge on any atom is -0.480 e. The average Bonchev–Trinajstić information content (AvgIpc) is 2.90. The molecular formula is C11H15N7O3. The Labute approximate surface area is 118 Å². The van der Waals surface area contributed by atoms with E-state index in [-0.39, 0.29) is 25.1 Å². The van der Waals surface area contributed by atoms with Crippen molar-refractivity contribution in [1.82, 2.24) is 24.4 Å². The second kappa shape index (κ2) is 6.13. The minimum absolute atomic E-state index is 0.0499. The molecule has 0 aliphatic carbocycles. The van der Waals surface area contributed by atoms with Crippen LogP contribution >= 0.6 is 0 Å². The molecule has 0 fully saturated rings. The van der Waals surface area contributed by atoms with E-state index in [0.717, 1.165) is 4.90 Å². The fraction of sp³-hybridized carbons (Fsp3) is 0.364. The lowest BCUT2D eigenvalue weighted by Crippen LogP contribution is -2.42. The predicted octanol–water partition coefficient (Wildman–Crippen LogP) is -1.89. The zero-order valence-corrected chi connectivity index (χ0v) is 11.1. The summed E-state index contributed by atoms with van der Waals surface area (Å²) in [5.74, 6) is -1.56. The van der Waals surface area contributed by atoms with Gasteiger partial charge in [-0.15, -0.1) is 0 Å². The van der Waals surface area contributed by atoms with E-state index in [4.69, 9.17) is 16.2 Å². The van der Waals surface area contributed by atoms with Crippen molar-refractivity contribution in [2.75, 3.05) is 19.6 Å². The number of nitrogens with two attached hydrogens (primary N) is 1. The number of fused-ring (bicyclic) bond motifs is 1. The highest BCUT2D eigenvalue weighted by Gasteiger charge is 2.17. The van der Waals surface area contributed by atoms with Gasteiger partial charge in [-0.25, -0.2) is 9.97 Å². The summed E-state index contributed by atoms with van der Waals surface area (Å²) >= 11 is 0. The van der Waals surface area contributed by atoms with Crippen molar-refractivity contribution < 1.29 is 14.7 Å². The van der Waals surface area contributed by atoms with Gasteiger partial charge in [0.25, 0.3) is 0 Å². The van der Waals surface area contributed by atoms with Crippen LogP contribution in [0.4, 0.5) is 0 Å². The lowest BCUT2D eigenvalue weighted by molar-refractivity contribution is -0.144. The van der Waals surface area contributed by atoms with Gasteiger partial charge in [-0.1, -0.05) is 0 Å². The molecule has 0 saturated carbocycles. The van der Waals surface area contributed by atoms with Crippen molar-refractivity contribution in [3.8, 4) is 0 Å². The maximum absolute atomic E-state index is 12.1. The molecule has 1 amide bonds. The topological polar surface area (TPSA) is 154 Å². The van der Waals surface area contributed by atoms with E-state index < -0.39 is 18.4 Å². The molecule has 0 radical (unpaired) electrons. The highest BCUT2D eigenvalue weighted by molar-refractivity contribution is 5.81. The maximum Gasteiger partial charge on any atom is 0.323 e. The van der Waals surface area contributed by atoms with Crippen LogP contribution in [0.25, 0.3) is 11.2 Å². The van der Waals surface area contributed by atoms with Crippen LogP contribution in [0.15, 0.2) is 12.7 Å². The van der Waals surface area contributed by atoms with Gasteiger partial charge in [0.05, 0.1) is 12.7 Å². The first-order valence-corrected chi connectivity index (χ1v) is 6.15. The molecule has 2 heterocycles. The van der Waals surface area contributed by atoms with E-state index in [2.05, 4.69) is 15.0 Å². The van der Waals surface area contributed by atoms with Crippen LogP contribution in [-0.4, -0.2) is 61.0 Å². The van der Waals surface area contributed by atoms with Gasteiger partial charge in [-0.2, -0.15) is 0 Å². The van der Waals surface area contributed by atoms with Crippen molar-refractivity contribution in [2.45, 2.75) is 6.54 Å². The Kier molecular flexibility index (Phi) is 4.28. The highest BCUT2D eigenvalue weighted by atomic mass is 16.4. The van der Waals surface area contributed by atoms with Gasteiger partial charge in [-0.05, 0) is 0 Å². The van der Waals surface area contributed by atoms with Gasteiger partial charge in [0, 0.05) is 13.1 Å². The molecule has 0 bridgehead atoms. The first-order chi connectivity index (χ1) is 10.0. The first kappa shape index (κ1) is 14.7. The number of hydrogen-bond acceptors (Lipinski definition) is 6. The molecular weight excluding hydrogens is 278 g/mol. The quantitative estimate of drug-likeness (QED) is 0.488. The summed E-state index contributed by atoms with van der Waals surface area (Å²) in [5.41, 5.74) is 6.21. The number of nitrogens with one attached hydrogen (secondary N) is 2. The van der Waals surface area contributed by atoms with E-state index in [1.807, 2.05) is 0 Å². The van der Waals surface area contributed by atoms with Gasteiger partial charge in [0.1, 0.15) is 18.6 Å². The Bertz CT molecular complexity index is 720. The molecule has 0 aromatic carbocycles. The lowest BCUT2D eigenvalue weighted by Gasteiger charge is -2.20. The number of amides is 1. The predicted molar refractivity (Wildman–Crippen MR) is 71.0 cm³/mol. The number of aliphatic carboxylic acids is 1. The van der Waals surface area contributed by atoms with Crippen molar-refractivity contribution in [2.24, 2.45) is 5.73 Å². The summed E-state index contributed by atoms with van der Waals surface area (Å²) in [6.45, 7) is -0.314. The number of H-pyrrole nitrogens is 1. The summed E-state index contributed by atoms with van der Waals surface area (Å²) in [7, 11) is 0. The number of carbonyl (C=O) groups is 2. The van der Waals surface area contributed by atoms with E-state index >= 15 is 0 Å². The Balaban J connectivity index is 2.21. The summed E-state index contributed by atoms with van der Waals surface area (Å²) in [6.07, 6.45) is 2.73. The van der Waals surface area contributed by atoms with E-state index in [1.165, 1.54) is 17.2 Å². The fourth-order valence-electron chi connectivity index (χ4n) is 1.86. The monoisotopic (exact) mass is 293 g/mol. The van der Waals surface area contributed by atoms with Crippen molar-refractivity contribution in [3.05, 3.63) is 18.1 Å². The Morgan fingerprint density at radius 3 is 2.90 bits per heavy atom. The molecule has 112 valence electrons. The average molecular weight is 293 g/mol. The molecule has 5 N–H and O–H groups in total. The molecule has 2 aromatic heterocycles. The third-order valence-corrected chi connectivity index (χ3v) is 2.85. The second-order valence-corrected chi connectivity index (χ2v) is 4.32. The number of hydrogen-bond donors (Lipinski definition) is 4. The molecule has 21 heavy (non-hydrogen) atoms. The standard InChI is InChI=1S/C11H15N7O3/c12-1-2-17(4-8(20)21)7(19)3-18-6-16-11-9(10(18)13)14-5-15-11/h5-6,13H,1-4,12H2,(H,14,15)(H,20,21). The molecule has 0 spiro atoms. The number of carboxylic acid groups (broad SMARTS) is 1. The van der Waals surface area contributed by atoms with Gasteiger partial charge in [0.15, 0.2) is 11.1 Å². The summed E-state index contributed by atoms with van der Waals surface area (Å²) < 4.78 is 1.31. The van der Waals surface area contributed by atoms with Gasteiger partial charge >= 0.3 is 5.97 Å². The van der Waals surface area contributed by atoms with Crippen LogP contribution in [-0.2, 0) is 16.1 Å². The van der Waals surface area contributed by atoms with Crippen LogP contribution in [0.5, 0.6) is 0 Å². The van der Waals surface area contributed by atoms with E-state index in [1.54, 1.807) is 0 Å². The molecule has 0 unspecified atom stereocenters. The molecule has 2 aromatic rings. The van der Waals surface area contributed by atoms with Crippen molar-refractivity contribution >= 4 is 23.0 Å². The molecule has 10 heteroatoms. The smallest absolute Gasteiger partial charge is 0.323 e. The molecule has 2 rings (SSSR count). The van der Waals surface area contributed by atoms with Gasteiger partial charge in [-0.3, -0.25) is 15.0 Å². The molecule has 0 saturated heterocycles. The van der Waals surface area contributed by atoms with Gasteiger partial charge < -0.3 is 25.3 Å². The third kappa shape index (κ3) is 3.23. The fourth-order valence-corrected chi connectivity index (χ4v) is 1.86. The maximum atomic E-state index is 12.1. The normalized spacial score (nSPS) is 10.7. The van der Waals surface area contributed by atoms with Crippen LogP contribution in [0.2, 0.25) is 0 Å². The van der Waals surface area contributed by atoms with E-state index in [0.29, 0.717) is 11.2 Å². The van der Waals surface area contributed by atoms with Crippen LogP contribution in [0.3, 0.4) is 0 Å². The van der Waals surface area contributed by atoms with Crippen LogP contribution in [0, 0.1) is 5.41 Å². The van der Waals surface area contributed by atoms with Crippen LogP contribution in [0.1, 0.15) is 0 Å². The number of rotatable bonds is 6. The zero-order chi connectivity index (χ0) is 15.4. The number of nitrogens with zero attached hydrogens (tertiary/aromatic N) is 4.